The molecule has 0 aliphatic rings. The van der Waals surface area contributed by atoms with Gasteiger partial charge < -0.3 is 10.2 Å². The van der Waals surface area contributed by atoms with Crippen LogP contribution in [0.2, 0.25) is 0 Å². The van der Waals surface area contributed by atoms with Gasteiger partial charge in [-0.1, -0.05) is 27.7 Å². The fourth-order valence-electron chi connectivity index (χ4n) is 1.75. The second-order valence-corrected chi connectivity index (χ2v) is 6.38. The number of hydrogen-bond donors (Lipinski definition) is 1. The number of halogens is 1. The van der Waals surface area contributed by atoms with Crippen LogP contribution in [0.3, 0.4) is 0 Å². The van der Waals surface area contributed by atoms with E-state index < -0.39 is 0 Å². The molecule has 1 heterocycles. The first-order valence-corrected chi connectivity index (χ1v) is 7.43. The minimum atomic E-state index is 0.157. The molecule has 2 rings (SSSR count). The van der Waals surface area contributed by atoms with E-state index in [-0.39, 0.29) is 6.04 Å². The van der Waals surface area contributed by atoms with Crippen molar-refractivity contribution in [3.8, 4) is 0 Å². The highest BCUT2D eigenvalue weighted by atomic mass is 79.9. The molecular weight excluding hydrogens is 310 g/mol. The van der Waals surface area contributed by atoms with E-state index >= 15 is 0 Å². The predicted octanol–water partition coefficient (Wildman–Crippen LogP) is 4.39. The van der Waals surface area contributed by atoms with E-state index in [4.69, 9.17) is 10.2 Å². The molecule has 2 aromatic rings. The Morgan fingerprint density at radius 2 is 2.11 bits per heavy atom. The highest BCUT2D eigenvalue weighted by molar-refractivity contribution is 9.10. The maximum absolute atomic E-state index is 5.90. The molecule has 2 nitrogen and oxygen atoms in total. The highest BCUT2D eigenvalue weighted by Crippen LogP contribution is 2.34. The Labute approximate surface area is 120 Å². The summed E-state index contributed by atoms with van der Waals surface area (Å²) in [6.45, 7) is 4.00. The Kier molecular flexibility index (Phi) is 4.54. The third kappa shape index (κ3) is 3.40. The zero-order chi connectivity index (χ0) is 13.1. The van der Waals surface area contributed by atoms with Crippen LogP contribution < -0.4 is 5.73 Å². The van der Waals surface area contributed by atoms with Crippen molar-refractivity contribution in [2.75, 3.05) is 0 Å². The second-order valence-electron chi connectivity index (χ2n) is 4.38. The van der Waals surface area contributed by atoms with Crippen LogP contribution in [0.1, 0.15) is 18.2 Å². The van der Waals surface area contributed by atoms with Gasteiger partial charge >= 0.3 is 0 Å². The van der Waals surface area contributed by atoms with E-state index in [0.717, 1.165) is 21.5 Å². The lowest BCUT2D eigenvalue weighted by Gasteiger charge is -2.11. The molecule has 1 aromatic heterocycles. The standard InChI is InChI=1S/C14H16BrNOS/c1-9(16)7-11-8-12(15)3-4-14(11)18-13-5-6-17-10(13)2/h3-6,8-9H,7,16H2,1-2H3. The van der Waals surface area contributed by atoms with Crippen molar-refractivity contribution in [2.24, 2.45) is 5.73 Å². The number of rotatable bonds is 4. The highest BCUT2D eigenvalue weighted by Gasteiger charge is 2.10. The summed E-state index contributed by atoms with van der Waals surface area (Å²) >= 11 is 5.24. The molecule has 0 spiro atoms. The minimum Gasteiger partial charge on any atom is -0.468 e. The normalized spacial score (nSPS) is 12.7. The number of nitrogens with two attached hydrogens (primary N) is 1. The summed E-state index contributed by atoms with van der Waals surface area (Å²) in [6.07, 6.45) is 2.60. The molecule has 0 aliphatic heterocycles. The Bertz CT molecular complexity index is 536. The number of benzene rings is 1. The van der Waals surface area contributed by atoms with Gasteiger partial charge in [-0.15, -0.1) is 0 Å². The topological polar surface area (TPSA) is 39.2 Å². The molecule has 0 aliphatic carbocycles. The molecule has 0 amide bonds. The van der Waals surface area contributed by atoms with E-state index in [9.17, 15) is 0 Å². The van der Waals surface area contributed by atoms with Gasteiger partial charge in [0.2, 0.25) is 0 Å². The molecule has 0 saturated carbocycles. The minimum absolute atomic E-state index is 0.157. The van der Waals surface area contributed by atoms with Gasteiger partial charge in [0, 0.05) is 15.4 Å². The molecule has 18 heavy (non-hydrogen) atoms. The summed E-state index contributed by atoms with van der Waals surface area (Å²) in [6, 6.07) is 8.48. The van der Waals surface area contributed by atoms with Gasteiger partial charge in [0.05, 0.1) is 11.2 Å². The molecule has 96 valence electrons. The van der Waals surface area contributed by atoms with Crippen LogP contribution in [0.25, 0.3) is 0 Å². The van der Waals surface area contributed by atoms with Crippen LogP contribution in [0.5, 0.6) is 0 Å². The largest absolute Gasteiger partial charge is 0.468 e. The van der Waals surface area contributed by atoms with Crippen molar-refractivity contribution in [3.05, 3.63) is 46.3 Å². The Morgan fingerprint density at radius 3 is 2.72 bits per heavy atom. The summed E-state index contributed by atoms with van der Waals surface area (Å²) < 4.78 is 6.42. The van der Waals surface area contributed by atoms with E-state index in [2.05, 4.69) is 34.1 Å². The van der Waals surface area contributed by atoms with Crippen molar-refractivity contribution in [2.45, 2.75) is 36.1 Å². The lowest BCUT2D eigenvalue weighted by atomic mass is 10.1. The molecule has 2 N–H and O–H groups in total. The molecule has 0 saturated heterocycles. The van der Waals surface area contributed by atoms with Crippen LogP contribution in [-0.2, 0) is 6.42 Å². The van der Waals surface area contributed by atoms with E-state index in [1.807, 2.05) is 19.9 Å². The van der Waals surface area contributed by atoms with Crippen LogP contribution in [0.15, 0.2) is 49.2 Å². The van der Waals surface area contributed by atoms with E-state index in [1.165, 1.54) is 10.5 Å². The lowest BCUT2D eigenvalue weighted by molar-refractivity contribution is 0.527. The zero-order valence-electron chi connectivity index (χ0n) is 10.4. The molecule has 1 aromatic carbocycles. The van der Waals surface area contributed by atoms with Crippen LogP contribution >= 0.6 is 27.7 Å². The average Bonchev–Trinajstić information content (AvgIpc) is 2.67. The van der Waals surface area contributed by atoms with Crippen molar-refractivity contribution in [3.63, 3.8) is 0 Å². The van der Waals surface area contributed by atoms with E-state index in [0.29, 0.717) is 0 Å². The molecule has 1 atom stereocenters. The second kappa shape index (κ2) is 5.95. The maximum atomic E-state index is 5.90. The van der Waals surface area contributed by atoms with Gasteiger partial charge in [0.15, 0.2) is 0 Å². The molecule has 0 radical (unpaired) electrons. The molecular formula is C14H16BrNOS. The first-order valence-electron chi connectivity index (χ1n) is 5.82. The fourth-order valence-corrected chi connectivity index (χ4v) is 3.12. The zero-order valence-corrected chi connectivity index (χ0v) is 12.8. The summed E-state index contributed by atoms with van der Waals surface area (Å²) in [5.41, 5.74) is 7.17. The van der Waals surface area contributed by atoms with Crippen LogP contribution in [0, 0.1) is 6.92 Å². The first-order chi connectivity index (χ1) is 8.56. The number of aryl methyl sites for hydroxylation is 1. The summed E-state index contributed by atoms with van der Waals surface area (Å²) in [5, 5.41) is 0. The Hall–Kier alpha value is -0.710. The molecule has 0 bridgehead atoms. The average molecular weight is 326 g/mol. The monoisotopic (exact) mass is 325 g/mol. The third-order valence-corrected chi connectivity index (χ3v) is 4.35. The maximum Gasteiger partial charge on any atom is 0.114 e. The Morgan fingerprint density at radius 1 is 1.33 bits per heavy atom. The summed E-state index contributed by atoms with van der Waals surface area (Å²) in [5.74, 6) is 0.953. The SMILES string of the molecule is Cc1occc1Sc1ccc(Br)cc1CC(C)N. The van der Waals surface area contributed by atoms with Crippen molar-refractivity contribution in [1.29, 1.82) is 0 Å². The van der Waals surface area contributed by atoms with Crippen molar-refractivity contribution < 1.29 is 4.42 Å². The lowest BCUT2D eigenvalue weighted by Crippen LogP contribution is -2.18. The van der Waals surface area contributed by atoms with Gasteiger partial charge in [-0.3, -0.25) is 0 Å². The fraction of sp³-hybridized carbons (Fsp3) is 0.286. The van der Waals surface area contributed by atoms with Crippen LogP contribution in [-0.4, -0.2) is 6.04 Å². The predicted molar refractivity (Wildman–Crippen MR) is 79.1 cm³/mol. The van der Waals surface area contributed by atoms with Gasteiger partial charge in [-0.05, 0) is 50.1 Å². The van der Waals surface area contributed by atoms with Gasteiger partial charge in [-0.25, -0.2) is 0 Å². The van der Waals surface area contributed by atoms with Gasteiger partial charge in [0.1, 0.15) is 5.76 Å². The quantitative estimate of drug-likeness (QED) is 0.905. The van der Waals surface area contributed by atoms with Gasteiger partial charge in [-0.2, -0.15) is 0 Å². The van der Waals surface area contributed by atoms with Crippen molar-refractivity contribution >= 4 is 27.7 Å². The smallest absolute Gasteiger partial charge is 0.114 e. The third-order valence-electron chi connectivity index (χ3n) is 2.60. The van der Waals surface area contributed by atoms with Gasteiger partial charge in [0.25, 0.3) is 0 Å². The molecule has 4 heteroatoms. The number of hydrogen-bond acceptors (Lipinski definition) is 3. The van der Waals surface area contributed by atoms with E-state index in [1.54, 1.807) is 18.0 Å². The molecule has 1 unspecified atom stereocenters. The molecule has 0 fully saturated rings. The Balaban J connectivity index is 2.29. The summed E-state index contributed by atoms with van der Waals surface area (Å²) in [7, 11) is 0. The summed E-state index contributed by atoms with van der Waals surface area (Å²) in [4.78, 5) is 2.39. The first kappa shape index (κ1) is 13.7. The van der Waals surface area contributed by atoms with Crippen molar-refractivity contribution in [1.82, 2.24) is 0 Å². The number of furan rings is 1. The van der Waals surface area contributed by atoms with Crippen LogP contribution in [0.4, 0.5) is 0 Å².